The molecule has 22 heavy (non-hydrogen) atoms. The molecule has 4 nitrogen and oxygen atoms in total. The van der Waals surface area contributed by atoms with Gasteiger partial charge in [-0.3, -0.25) is 4.79 Å². The van der Waals surface area contributed by atoms with Crippen molar-refractivity contribution in [3.05, 3.63) is 41.5 Å². The van der Waals surface area contributed by atoms with Gasteiger partial charge in [0.25, 0.3) is 5.91 Å². The lowest BCUT2D eigenvalue weighted by atomic mass is 9.75. The molecule has 1 aliphatic carbocycles. The second-order valence-corrected chi connectivity index (χ2v) is 6.31. The Hall–Kier alpha value is -1.65. The number of benzene rings is 1. The van der Waals surface area contributed by atoms with E-state index in [2.05, 4.69) is 41.5 Å². The molecule has 1 spiro atoms. The van der Waals surface area contributed by atoms with Gasteiger partial charge in [-0.05, 0) is 44.1 Å². The predicted molar refractivity (Wildman–Crippen MR) is 87.7 cm³/mol. The fourth-order valence-electron chi connectivity index (χ4n) is 3.56. The van der Waals surface area contributed by atoms with Gasteiger partial charge in [-0.2, -0.15) is 0 Å². The number of allylic oxidation sites excluding steroid dienone is 1. The van der Waals surface area contributed by atoms with Crippen LogP contribution in [-0.2, 0) is 14.9 Å². The van der Waals surface area contributed by atoms with E-state index in [0.29, 0.717) is 13.2 Å². The molecule has 0 radical (unpaired) electrons. The first-order valence-electron chi connectivity index (χ1n) is 7.95. The summed E-state index contributed by atoms with van der Waals surface area (Å²) in [4.78, 5) is 14.9. The van der Waals surface area contributed by atoms with Crippen LogP contribution in [0.2, 0.25) is 0 Å². The Labute approximate surface area is 132 Å². The lowest BCUT2D eigenvalue weighted by molar-refractivity contribution is -0.115. The van der Waals surface area contributed by atoms with Crippen molar-refractivity contribution in [1.82, 2.24) is 10.2 Å². The van der Waals surface area contributed by atoms with Crippen LogP contribution in [0.25, 0.3) is 5.57 Å². The predicted octanol–water partition coefficient (Wildman–Crippen LogP) is 1.81. The molecule has 1 N–H and O–H groups in total. The zero-order valence-electron chi connectivity index (χ0n) is 13.4. The van der Waals surface area contributed by atoms with Crippen LogP contribution < -0.4 is 5.32 Å². The minimum Gasteiger partial charge on any atom is -0.383 e. The molecule has 1 amide bonds. The number of carbonyl (C=O) groups is 1. The maximum atomic E-state index is 12.5. The van der Waals surface area contributed by atoms with Gasteiger partial charge < -0.3 is 15.0 Å². The molecule has 3 rings (SSSR count). The zero-order chi connectivity index (χ0) is 15.6. The number of rotatable bonds is 4. The third kappa shape index (κ3) is 2.69. The molecule has 1 aromatic carbocycles. The number of methoxy groups -OCH3 is 1. The summed E-state index contributed by atoms with van der Waals surface area (Å²) in [6, 6.07) is 8.36. The monoisotopic (exact) mass is 300 g/mol. The Kier molecular flexibility index (Phi) is 4.32. The smallest absolute Gasteiger partial charge is 0.251 e. The Morgan fingerprint density at radius 2 is 2.05 bits per heavy atom. The van der Waals surface area contributed by atoms with Crippen molar-refractivity contribution < 1.29 is 9.53 Å². The second kappa shape index (κ2) is 6.23. The number of nitrogens with one attached hydrogen (secondary N) is 1. The molecule has 2 aliphatic rings. The van der Waals surface area contributed by atoms with E-state index >= 15 is 0 Å². The summed E-state index contributed by atoms with van der Waals surface area (Å²) >= 11 is 0. The van der Waals surface area contributed by atoms with Gasteiger partial charge in [0.2, 0.25) is 0 Å². The highest BCUT2D eigenvalue weighted by molar-refractivity contribution is 6.21. The number of nitrogens with zero attached hydrogens (tertiary/aromatic N) is 1. The SMILES string of the molecule is COCCNC(=O)C1=CC2(CCN(C)CC2)c2ccccc21. The van der Waals surface area contributed by atoms with Gasteiger partial charge in [0.1, 0.15) is 0 Å². The van der Waals surface area contributed by atoms with Gasteiger partial charge >= 0.3 is 0 Å². The molecule has 0 bridgehead atoms. The molecule has 1 aliphatic heterocycles. The van der Waals surface area contributed by atoms with Crippen LogP contribution in [0.3, 0.4) is 0 Å². The van der Waals surface area contributed by atoms with Gasteiger partial charge in [-0.1, -0.05) is 30.3 Å². The van der Waals surface area contributed by atoms with Crippen molar-refractivity contribution >= 4 is 11.5 Å². The summed E-state index contributed by atoms with van der Waals surface area (Å²) in [7, 11) is 3.81. The van der Waals surface area contributed by atoms with Crippen molar-refractivity contribution in [1.29, 1.82) is 0 Å². The molecule has 1 fully saturated rings. The summed E-state index contributed by atoms with van der Waals surface area (Å²) in [5.41, 5.74) is 3.29. The number of carbonyl (C=O) groups excluding carboxylic acids is 1. The molecule has 0 aromatic heterocycles. The molecular weight excluding hydrogens is 276 g/mol. The highest BCUT2D eigenvalue weighted by atomic mass is 16.5. The van der Waals surface area contributed by atoms with Crippen molar-refractivity contribution in [2.45, 2.75) is 18.3 Å². The molecule has 0 atom stereocenters. The van der Waals surface area contributed by atoms with Crippen LogP contribution in [-0.4, -0.2) is 51.2 Å². The molecule has 4 heteroatoms. The number of amides is 1. The van der Waals surface area contributed by atoms with Crippen molar-refractivity contribution in [2.75, 3.05) is 40.4 Å². The van der Waals surface area contributed by atoms with Crippen LogP contribution in [0, 0.1) is 0 Å². The highest BCUT2D eigenvalue weighted by Gasteiger charge is 2.41. The van der Waals surface area contributed by atoms with Crippen LogP contribution in [0.5, 0.6) is 0 Å². The van der Waals surface area contributed by atoms with Gasteiger partial charge in [-0.15, -0.1) is 0 Å². The number of fused-ring (bicyclic) bond motifs is 2. The van der Waals surface area contributed by atoms with Crippen molar-refractivity contribution in [3.63, 3.8) is 0 Å². The Morgan fingerprint density at radius 1 is 1.32 bits per heavy atom. The van der Waals surface area contributed by atoms with E-state index in [-0.39, 0.29) is 11.3 Å². The fraction of sp³-hybridized carbons (Fsp3) is 0.500. The van der Waals surface area contributed by atoms with E-state index in [1.165, 1.54) is 5.56 Å². The molecule has 0 unspecified atom stereocenters. The molecular formula is C18H24N2O2. The van der Waals surface area contributed by atoms with E-state index in [0.717, 1.165) is 37.1 Å². The summed E-state index contributed by atoms with van der Waals surface area (Å²) in [5, 5.41) is 2.95. The Morgan fingerprint density at radius 3 is 2.77 bits per heavy atom. The van der Waals surface area contributed by atoms with Crippen molar-refractivity contribution in [3.8, 4) is 0 Å². The standard InChI is InChI=1S/C18H24N2O2/c1-20-10-7-18(8-11-20)13-15(17(21)19-9-12-22-2)14-5-3-4-6-16(14)18/h3-6,13H,7-12H2,1-2H3,(H,19,21). The number of piperidine rings is 1. The van der Waals surface area contributed by atoms with Crippen molar-refractivity contribution in [2.24, 2.45) is 0 Å². The summed E-state index contributed by atoms with van der Waals surface area (Å²) in [5.74, 6) is 0.0142. The van der Waals surface area contributed by atoms with Crippen LogP contribution in [0.1, 0.15) is 24.0 Å². The Balaban J connectivity index is 1.88. The molecule has 0 saturated carbocycles. The third-order valence-electron chi connectivity index (χ3n) is 4.89. The first-order chi connectivity index (χ1) is 10.7. The second-order valence-electron chi connectivity index (χ2n) is 6.31. The van der Waals surface area contributed by atoms with Crippen LogP contribution in [0.15, 0.2) is 30.3 Å². The largest absolute Gasteiger partial charge is 0.383 e. The van der Waals surface area contributed by atoms with Crippen LogP contribution >= 0.6 is 0 Å². The number of hydrogen-bond acceptors (Lipinski definition) is 3. The first kappa shape index (κ1) is 15.3. The average molecular weight is 300 g/mol. The summed E-state index contributed by atoms with van der Waals surface area (Å²) in [6.45, 7) is 3.23. The van der Waals surface area contributed by atoms with Crippen LogP contribution in [0.4, 0.5) is 0 Å². The lowest BCUT2D eigenvalue weighted by Gasteiger charge is -2.37. The van der Waals surface area contributed by atoms with Gasteiger partial charge in [0.05, 0.1) is 6.61 Å². The van der Waals surface area contributed by atoms with E-state index in [1.807, 2.05) is 6.07 Å². The van der Waals surface area contributed by atoms with E-state index in [1.54, 1.807) is 7.11 Å². The summed E-state index contributed by atoms with van der Waals surface area (Å²) < 4.78 is 5.01. The minimum absolute atomic E-state index is 0.0142. The lowest BCUT2D eigenvalue weighted by Crippen LogP contribution is -2.38. The highest BCUT2D eigenvalue weighted by Crippen LogP contribution is 2.46. The number of ether oxygens (including phenoxy) is 1. The minimum atomic E-state index is 0.0142. The summed E-state index contributed by atoms with van der Waals surface area (Å²) in [6.07, 6.45) is 4.37. The van der Waals surface area contributed by atoms with E-state index in [4.69, 9.17) is 4.74 Å². The number of hydrogen-bond donors (Lipinski definition) is 1. The third-order valence-corrected chi connectivity index (χ3v) is 4.89. The van der Waals surface area contributed by atoms with E-state index < -0.39 is 0 Å². The van der Waals surface area contributed by atoms with E-state index in [9.17, 15) is 4.79 Å². The maximum absolute atomic E-state index is 12.5. The Bertz CT molecular complexity index is 587. The quantitative estimate of drug-likeness (QED) is 0.862. The first-order valence-corrected chi connectivity index (χ1v) is 7.95. The topological polar surface area (TPSA) is 41.6 Å². The van der Waals surface area contributed by atoms with Gasteiger partial charge in [0, 0.05) is 24.6 Å². The normalized spacial score (nSPS) is 19.8. The zero-order valence-corrected chi connectivity index (χ0v) is 13.4. The maximum Gasteiger partial charge on any atom is 0.251 e. The molecule has 118 valence electrons. The average Bonchev–Trinajstić information content (AvgIpc) is 2.86. The molecule has 1 heterocycles. The molecule has 1 saturated heterocycles. The fourth-order valence-corrected chi connectivity index (χ4v) is 3.56. The molecule has 1 aromatic rings. The van der Waals surface area contributed by atoms with Gasteiger partial charge in [0.15, 0.2) is 0 Å². The number of likely N-dealkylation sites (tertiary alicyclic amines) is 1. The van der Waals surface area contributed by atoms with Gasteiger partial charge in [-0.25, -0.2) is 0 Å².